The van der Waals surface area contributed by atoms with Crippen LogP contribution in [0.25, 0.3) is 0 Å². The molecule has 0 aliphatic heterocycles. The van der Waals surface area contributed by atoms with Gasteiger partial charge in [-0.05, 0) is 35.6 Å². The first kappa shape index (κ1) is 10.3. The summed E-state index contributed by atoms with van der Waals surface area (Å²) in [4.78, 5) is 3.83. The first-order valence-corrected chi connectivity index (χ1v) is 4.49. The maximum Gasteiger partial charge on any atom is 0.265 e. The molecule has 0 spiro atoms. The fourth-order valence-electron chi connectivity index (χ4n) is 0.916. The molecule has 0 unspecified atom stereocenters. The Morgan fingerprint density at radius 2 is 2.23 bits per heavy atom. The van der Waals surface area contributed by atoms with Gasteiger partial charge in [0.25, 0.3) is 6.43 Å². The van der Waals surface area contributed by atoms with Crippen molar-refractivity contribution in [1.82, 2.24) is 4.98 Å². The van der Waals surface area contributed by atoms with Crippen LogP contribution < -0.4 is 0 Å². The molecule has 1 aromatic heterocycles. The average molecular weight is 294 g/mol. The van der Waals surface area contributed by atoms with E-state index in [1.165, 1.54) is 6.07 Å². The zero-order valence-electron chi connectivity index (χ0n) is 6.68. The summed E-state index contributed by atoms with van der Waals surface area (Å²) in [7, 11) is 0. The van der Waals surface area contributed by atoms with E-state index in [9.17, 15) is 8.78 Å². The molecule has 0 radical (unpaired) electrons. The first-order valence-electron chi connectivity index (χ1n) is 3.41. The lowest BCUT2D eigenvalue weighted by molar-refractivity contribution is 0.150. The summed E-state index contributed by atoms with van der Waals surface area (Å²) < 4.78 is 25.0. The number of aromatic nitrogens is 1. The van der Waals surface area contributed by atoms with Gasteiger partial charge in [-0.3, -0.25) is 0 Å². The van der Waals surface area contributed by atoms with Crippen LogP contribution in [0.4, 0.5) is 8.78 Å². The molecule has 0 saturated heterocycles. The van der Waals surface area contributed by atoms with Gasteiger partial charge in [-0.25, -0.2) is 13.8 Å². The highest BCUT2D eigenvalue weighted by atomic mass is 127. The quantitative estimate of drug-likeness (QED) is 0.747. The van der Waals surface area contributed by atoms with Crippen LogP contribution in [-0.4, -0.2) is 4.98 Å². The van der Waals surface area contributed by atoms with Gasteiger partial charge < -0.3 is 0 Å². The molecule has 1 heterocycles. The Balaban J connectivity index is 3.38. The lowest BCUT2D eigenvalue weighted by atomic mass is 10.2. The average Bonchev–Trinajstić information content (AvgIpc) is 2.08. The third-order valence-electron chi connectivity index (χ3n) is 1.45. The van der Waals surface area contributed by atoms with Gasteiger partial charge in [0, 0.05) is 11.3 Å². The highest BCUT2D eigenvalue weighted by Crippen LogP contribution is 2.26. The van der Waals surface area contributed by atoms with E-state index in [-0.39, 0.29) is 14.8 Å². The van der Waals surface area contributed by atoms with Gasteiger partial charge in [-0.1, -0.05) is 0 Å². The lowest BCUT2D eigenvalue weighted by Gasteiger charge is -2.05. The Bertz CT molecular complexity index is 371. The van der Waals surface area contributed by atoms with Crippen molar-refractivity contribution in [2.75, 3.05) is 0 Å². The number of nitriles is 1. The van der Waals surface area contributed by atoms with Gasteiger partial charge in [0.15, 0.2) is 5.69 Å². The highest BCUT2D eigenvalue weighted by molar-refractivity contribution is 14.1. The molecule has 1 aromatic rings. The number of aryl methyl sites for hydroxylation is 1. The second kappa shape index (κ2) is 3.96. The smallest absolute Gasteiger partial charge is 0.241 e. The molecule has 0 aromatic carbocycles. The normalized spacial score (nSPS) is 10.2. The topological polar surface area (TPSA) is 36.7 Å². The summed E-state index contributed by atoms with van der Waals surface area (Å²) in [6, 6.07) is 3.08. The standard InChI is InChI=1S/C8H5F2IN2/c1-4-2-5(8(9)10)7(11)6(3-12)13-4/h2,8H,1H3. The zero-order chi connectivity index (χ0) is 10.0. The summed E-state index contributed by atoms with van der Waals surface area (Å²) in [5, 5.41) is 8.59. The molecular weight excluding hydrogens is 289 g/mol. The highest BCUT2D eigenvalue weighted by Gasteiger charge is 2.15. The van der Waals surface area contributed by atoms with E-state index in [0.717, 1.165) is 0 Å². The molecule has 0 aliphatic rings. The first-order chi connectivity index (χ1) is 6.06. The summed E-state index contributed by atoms with van der Waals surface area (Å²) >= 11 is 1.71. The van der Waals surface area contributed by atoms with Crippen molar-refractivity contribution in [3.8, 4) is 6.07 Å². The van der Waals surface area contributed by atoms with Gasteiger partial charge in [-0.2, -0.15) is 5.26 Å². The SMILES string of the molecule is Cc1cc(C(F)F)c(I)c(C#N)n1. The molecule has 1 rings (SSSR count). The van der Waals surface area contributed by atoms with Crippen molar-refractivity contribution in [2.45, 2.75) is 13.3 Å². The number of rotatable bonds is 1. The van der Waals surface area contributed by atoms with E-state index in [1.54, 1.807) is 35.6 Å². The number of pyridine rings is 1. The van der Waals surface area contributed by atoms with Crippen LogP contribution in [0.15, 0.2) is 6.07 Å². The number of hydrogen-bond acceptors (Lipinski definition) is 2. The minimum Gasteiger partial charge on any atom is -0.241 e. The Morgan fingerprint density at radius 1 is 1.62 bits per heavy atom. The third kappa shape index (κ3) is 2.12. The molecule has 0 amide bonds. The fraction of sp³-hybridized carbons (Fsp3) is 0.250. The predicted octanol–water partition coefficient (Wildman–Crippen LogP) is 2.80. The van der Waals surface area contributed by atoms with Crippen LogP contribution in [-0.2, 0) is 0 Å². The minimum absolute atomic E-state index is 0.0656. The molecule has 13 heavy (non-hydrogen) atoms. The number of alkyl halides is 2. The van der Waals surface area contributed by atoms with Crippen molar-refractivity contribution in [2.24, 2.45) is 0 Å². The van der Waals surface area contributed by atoms with E-state index in [1.807, 2.05) is 0 Å². The molecule has 68 valence electrons. The largest absolute Gasteiger partial charge is 0.265 e. The zero-order valence-corrected chi connectivity index (χ0v) is 8.84. The Morgan fingerprint density at radius 3 is 2.69 bits per heavy atom. The van der Waals surface area contributed by atoms with Crippen LogP contribution in [0.2, 0.25) is 0 Å². The predicted molar refractivity (Wildman–Crippen MR) is 51.4 cm³/mol. The maximum atomic E-state index is 12.4. The monoisotopic (exact) mass is 294 g/mol. The molecule has 0 bridgehead atoms. The van der Waals surface area contributed by atoms with Gasteiger partial charge in [0.05, 0.1) is 3.57 Å². The molecule has 0 aliphatic carbocycles. The molecule has 0 atom stereocenters. The Kier molecular flexibility index (Phi) is 3.14. The second-order valence-corrected chi connectivity index (χ2v) is 3.51. The van der Waals surface area contributed by atoms with E-state index in [0.29, 0.717) is 5.69 Å². The van der Waals surface area contributed by atoms with Crippen molar-refractivity contribution in [3.63, 3.8) is 0 Å². The minimum atomic E-state index is -2.55. The summed E-state index contributed by atoms with van der Waals surface area (Å²) in [5.74, 6) is 0. The van der Waals surface area contributed by atoms with Gasteiger partial charge in [0.2, 0.25) is 0 Å². The van der Waals surface area contributed by atoms with E-state index >= 15 is 0 Å². The van der Waals surface area contributed by atoms with E-state index in [2.05, 4.69) is 4.98 Å². The molecule has 0 saturated carbocycles. The van der Waals surface area contributed by atoms with Gasteiger partial charge >= 0.3 is 0 Å². The van der Waals surface area contributed by atoms with Crippen molar-refractivity contribution >= 4 is 22.6 Å². The molecule has 0 fully saturated rings. The van der Waals surface area contributed by atoms with Crippen LogP contribution in [0.3, 0.4) is 0 Å². The number of hydrogen-bond donors (Lipinski definition) is 0. The summed E-state index contributed by atoms with van der Waals surface area (Å²) in [6.07, 6.45) is -2.55. The fourth-order valence-corrected chi connectivity index (χ4v) is 1.55. The second-order valence-electron chi connectivity index (χ2n) is 2.43. The van der Waals surface area contributed by atoms with Gasteiger partial charge in [-0.15, -0.1) is 0 Å². The number of nitrogens with zero attached hydrogens (tertiary/aromatic N) is 2. The van der Waals surface area contributed by atoms with Crippen LogP contribution in [0.1, 0.15) is 23.4 Å². The van der Waals surface area contributed by atoms with Crippen molar-refractivity contribution in [1.29, 1.82) is 5.26 Å². The molecule has 0 N–H and O–H groups in total. The maximum absolute atomic E-state index is 12.4. The summed E-state index contributed by atoms with van der Waals surface area (Å²) in [6.45, 7) is 1.59. The van der Waals surface area contributed by atoms with Gasteiger partial charge in [0.1, 0.15) is 6.07 Å². The molecule has 5 heteroatoms. The molecular formula is C8H5F2IN2. The molecule has 2 nitrogen and oxygen atoms in total. The van der Waals surface area contributed by atoms with E-state index < -0.39 is 6.43 Å². The van der Waals surface area contributed by atoms with E-state index in [4.69, 9.17) is 5.26 Å². The Hall–Kier alpha value is -0.770. The van der Waals surface area contributed by atoms with Crippen molar-refractivity contribution in [3.05, 3.63) is 26.6 Å². The third-order valence-corrected chi connectivity index (χ3v) is 2.59. The number of halogens is 3. The van der Waals surface area contributed by atoms with Crippen molar-refractivity contribution < 1.29 is 8.78 Å². The lowest BCUT2D eigenvalue weighted by Crippen LogP contribution is -1.98. The van der Waals surface area contributed by atoms with Crippen LogP contribution >= 0.6 is 22.6 Å². The summed E-state index contributed by atoms with van der Waals surface area (Å²) in [5.41, 5.74) is 0.382. The van der Waals surface area contributed by atoms with Crippen LogP contribution in [0.5, 0.6) is 0 Å². The van der Waals surface area contributed by atoms with Crippen LogP contribution in [0, 0.1) is 21.8 Å². The Labute approximate surface area is 87.7 Å².